The Hall–Kier alpha value is -2.43. The van der Waals surface area contributed by atoms with E-state index in [9.17, 15) is 13.6 Å². The Morgan fingerprint density at radius 1 is 1.10 bits per heavy atom. The van der Waals surface area contributed by atoms with Crippen molar-refractivity contribution in [3.8, 4) is 0 Å². The van der Waals surface area contributed by atoms with E-state index < -0.39 is 17.7 Å². The second-order valence-corrected chi connectivity index (χ2v) is 5.01. The fourth-order valence-electron chi connectivity index (χ4n) is 2.58. The third-order valence-corrected chi connectivity index (χ3v) is 3.71. The first-order valence-electron chi connectivity index (χ1n) is 6.64. The number of nitrogens with one attached hydrogen (secondary N) is 1. The van der Waals surface area contributed by atoms with E-state index >= 15 is 0 Å². The summed E-state index contributed by atoms with van der Waals surface area (Å²) in [5, 5.41) is 2.83. The zero-order chi connectivity index (χ0) is 15.0. The standard InChI is InChI=1S/C16H14F2N2O/c1-20-14-8-3-2-5-10(14)13(9-15(20)21)19-16-11(17)6-4-7-12(16)18/h2-8,13,19H,9H2,1H3. The molecule has 1 aliphatic rings. The Bertz CT molecular complexity index is 682. The van der Waals surface area contributed by atoms with Gasteiger partial charge >= 0.3 is 0 Å². The summed E-state index contributed by atoms with van der Waals surface area (Å²) in [6.07, 6.45) is 0.154. The van der Waals surface area contributed by atoms with Crippen molar-refractivity contribution in [2.24, 2.45) is 0 Å². The van der Waals surface area contributed by atoms with Gasteiger partial charge in [0.15, 0.2) is 0 Å². The highest BCUT2D eigenvalue weighted by atomic mass is 19.1. The monoisotopic (exact) mass is 288 g/mol. The van der Waals surface area contributed by atoms with Crippen LogP contribution in [0.25, 0.3) is 0 Å². The van der Waals surface area contributed by atoms with E-state index in [-0.39, 0.29) is 18.0 Å². The van der Waals surface area contributed by atoms with Gasteiger partial charge in [-0.25, -0.2) is 8.78 Å². The zero-order valence-electron chi connectivity index (χ0n) is 11.4. The van der Waals surface area contributed by atoms with Crippen molar-refractivity contribution >= 4 is 17.3 Å². The molecule has 0 radical (unpaired) electrons. The summed E-state index contributed by atoms with van der Waals surface area (Å²) in [5.74, 6) is -1.43. The van der Waals surface area contributed by atoms with Crippen molar-refractivity contribution < 1.29 is 13.6 Å². The molecule has 108 valence electrons. The molecule has 0 aliphatic carbocycles. The Labute approximate surface area is 121 Å². The fraction of sp³-hybridized carbons (Fsp3) is 0.188. The number of hydrogen-bond donors (Lipinski definition) is 1. The minimum absolute atomic E-state index is 0.0945. The van der Waals surface area contributed by atoms with Crippen LogP contribution in [0.3, 0.4) is 0 Å². The second kappa shape index (κ2) is 5.16. The number of carbonyl (C=O) groups excluding carboxylic acids is 1. The van der Waals surface area contributed by atoms with E-state index in [0.29, 0.717) is 0 Å². The number of halogens is 2. The number of amides is 1. The number of nitrogens with zero attached hydrogens (tertiary/aromatic N) is 1. The van der Waals surface area contributed by atoms with Gasteiger partial charge in [-0.2, -0.15) is 0 Å². The van der Waals surface area contributed by atoms with Crippen LogP contribution in [0.1, 0.15) is 18.0 Å². The summed E-state index contributed by atoms with van der Waals surface area (Å²) in [4.78, 5) is 13.6. The molecular formula is C16H14F2N2O. The summed E-state index contributed by atoms with van der Waals surface area (Å²) in [5.41, 5.74) is 1.40. The lowest BCUT2D eigenvalue weighted by Crippen LogP contribution is -2.35. The third kappa shape index (κ3) is 2.35. The minimum atomic E-state index is -0.668. The second-order valence-electron chi connectivity index (χ2n) is 5.01. The lowest BCUT2D eigenvalue weighted by molar-refractivity contribution is -0.118. The Morgan fingerprint density at radius 3 is 2.48 bits per heavy atom. The number of fused-ring (bicyclic) bond motifs is 1. The number of para-hydroxylation sites is 2. The van der Waals surface area contributed by atoms with Gasteiger partial charge in [0.2, 0.25) is 5.91 Å². The molecule has 21 heavy (non-hydrogen) atoms. The maximum absolute atomic E-state index is 13.8. The predicted octanol–water partition coefficient (Wildman–Crippen LogP) is 3.48. The lowest BCUT2D eigenvalue weighted by atomic mass is 9.96. The third-order valence-electron chi connectivity index (χ3n) is 3.71. The van der Waals surface area contributed by atoms with Crippen molar-refractivity contribution in [1.82, 2.24) is 0 Å². The van der Waals surface area contributed by atoms with Gasteiger partial charge in [0.1, 0.15) is 17.3 Å². The highest BCUT2D eigenvalue weighted by Gasteiger charge is 2.29. The maximum atomic E-state index is 13.8. The summed E-state index contributed by atoms with van der Waals surface area (Å²) in [7, 11) is 1.70. The molecule has 2 aromatic rings. The summed E-state index contributed by atoms with van der Waals surface area (Å²) in [6, 6.07) is 10.6. The van der Waals surface area contributed by atoms with Gasteiger partial charge in [0.25, 0.3) is 0 Å². The van der Waals surface area contributed by atoms with Gasteiger partial charge in [-0.15, -0.1) is 0 Å². The molecule has 1 N–H and O–H groups in total. The van der Waals surface area contributed by atoms with Gasteiger partial charge in [0, 0.05) is 12.7 Å². The van der Waals surface area contributed by atoms with E-state index in [1.165, 1.54) is 18.2 Å². The van der Waals surface area contributed by atoms with Gasteiger partial charge in [-0.1, -0.05) is 24.3 Å². The van der Waals surface area contributed by atoms with Crippen molar-refractivity contribution in [1.29, 1.82) is 0 Å². The smallest absolute Gasteiger partial charge is 0.229 e. The number of hydrogen-bond acceptors (Lipinski definition) is 2. The van der Waals surface area contributed by atoms with Crippen LogP contribution in [0, 0.1) is 11.6 Å². The first-order valence-corrected chi connectivity index (χ1v) is 6.64. The van der Waals surface area contributed by atoms with E-state index in [1.807, 2.05) is 24.3 Å². The van der Waals surface area contributed by atoms with Crippen LogP contribution >= 0.6 is 0 Å². The van der Waals surface area contributed by atoms with Crippen molar-refractivity contribution in [3.63, 3.8) is 0 Å². The molecule has 1 aliphatic heterocycles. The lowest BCUT2D eigenvalue weighted by Gasteiger charge is -2.32. The minimum Gasteiger partial charge on any atom is -0.373 e. The largest absolute Gasteiger partial charge is 0.373 e. The summed E-state index contributed by atoms with van der Waals surface area (Å²) in [6.45, 7) is 0. The molecule has 0 spiro atoms. The molecule has 0 saturated heterocycles. The highest BCUT2D eigenvalue weighted by Crippen LogP contribution is 2.36. The number of benzene rings is 2. The fourth-order valence-corrected chi connectivity index (χ4v) is 2.58. The molecule has 3 nitrogen and oxygen atoms in total. The molecule has 0 fully saturated rings. The average molecular weight is 288 g/mol. The molecule has 5 heteroatoms. The van der Waals surface area contributed by atoms with E-state index in [0.717, 1.165) is 11.3 Å². The Kier molecular flexibility index (Phi) is 3.33. The normalized spacial score (nSPS) is 17.6. The van der Waals surface area contributed by atoms with Crippen LogP contribution in [-0.2, 0) is 4.79 Å². The zero-order valence-corrected chi connectivity index (χ0v) is 11.4. The molecular weight excluding hydrogens is 274 g/mol. The molecule has 0 bridgehead atoms. The number of carbonyl (C=O) groups is 1. The van der Waals surface area contributed by atoms with E-state index in [2.05, 4.69) is 5.32 Å². The van der Waals surface area contributed by atoms with Crippen LogP contribution in [0.2, 0.25) is 0 Å². The summed E-state index contributed by atoms with van der Waals surface area (Å²) < 4.78 is 27.5. The average Bonchev–Trinajstić information content (AvgIpc) is 2.48. The summed E-state index contributed by atoms with van der Waals surface area (Å²) >= 11 is 0. The van der Waals surface area contributed by atoms with Crippen LogP contribution < -0.4 is 10.2 Å². The van der Waals surface area contributed by atoms with E-state index in [1.54, 1.807) is 11.9 Å². The first-order chi connectivity index (χ1) is 10.1. The van der Waals surface area contributed by atoms with Gasteiger partial charge in [0.05, 0.1) is 12.5 Å². The van der Waals surface area contributed by atoms with Crippen LogP contribution in [0.5, 0.6) is 0 Å². The van der Waals surface area contributed by atoms with Crippen molar-refractivity contribution in [2.75, 3.05) is 17.3 Å². The van der Waals surface area contributed by atoms with Crippen molar-refractivity contribution in [3.05, 3.63) is 59.7 Å². The molecule has 0 aromatic heterocycles. The number of rotatable bonds is 2. The first kappa shape index (κ1) is 13.5. The molecule has 0 saturated carbocycles. The molecule has 1 unspecified atom stereocenters. The molecule has 1 amide bonds. The number of anilines is 2. The van der Waals surface area contributed by atoms with Gasteiger partial charge < -0.3 is 10.2 Å². The highest BCUT2D eigenvalue weighted by molar-refractivity contribution is 5.97. The van der Waals surface area contributed by atoms with Crippen molar-refractivity contribution in [2.45, 2.75) is 12.5 Å². The Balaban J connectivity index is 2.00. The molecule has 3 rings (SSSR count). The van der Waals surface area contributed by atoms with Crippen LogP contribution in [-0.4, -0.2) is 13.0 Å². The van der Waals surface area contributed by atoms with Crippen LogP contribution in [0.15, 0.2) is 42.5 Å². The molecule has 1 atom stereocenters. The van der Waals surface area contributed by atoms with Gasteiger partial charge in [-0.3, -0.25) is 4.79 Å². The molecule has 2 aromatic carbocycles. The SMILES string of the molecule is CN1C(=O)CC(Nc2c(F)cccc2F)c2ccccc21. The van der Waals surface area contributed by atoms with E-state index in [4.69, 9.17) is 0 Å². The quantitative estimate of drug-likeness (QED) is 0.917. The predicted molar refractivity (Wildman–Crippen MR) is 77.2 cm³/mol. The molecule has 1 heterocycles. The topological polar surface area (TPSA) is 32.3 Å². The maximum Gasteiger partial charge on any atom is 0.229 e. The van der Waals surface area contributed by atoms with Gasteiger partial charge in [-0.05, 0) is 23.8 Å². The van der Waals surface area contributed by atoms with Crippen LogP contribution in [0.4, 0.5) is 20.2 Å². The Morgan fingerprint density at radius 2 is 1.76 bits per heavy atom.